The molecule has 1 aromatic rings. The van der Waals surface area contributed by atoms with Gasteiger partial charge >= 0.3 is 0 Å². The molecular formula is C8H10ClN3. The number of rotatable bonds is 2. The van der Waals surface area contributed by atoms with Gasteiger partial charge in [-0.1, -0.05) is 11.6 Å². The molecule has 12 heavy (non-hydrogen) atoms. The van der Waals surface area contributed by atoms with E-state index in [0.29, 0.717) is 17.1 Å². The number of nitrogens with one attached hydrogen (secondary N) is 1. The van der Waals surface area contributed by atoms with Crippen LogP contribution < -0.4 is 5.73 Å². The number of aromatic nitrogens is 1. The molecule has 0 bridgehead atoms. The maximum absolute atomic E-state index is 7.08. The van der Waals surface area contributed by atoms with Gasteiger partial charge in [-0.25, -0.2) is 0 Å². The van der Waals surface area contributed by atoms with E-state index >= 15 is 0 Å². The lowest BCUT2D eigenvalue weighted by atomic mass is 10.2. The van der Waals surface area contributed by atoms with E-state index in [2.05, 4.69) is 4.98 Å². The summed E-state index contributed by atoms with van der Waals surface area (Å²) in [6.45, 7) is 1.87. The van der Waals surface area contributed by atoms with Gasteiger partial charge in [-0.2, -0.15) is 0 Å². The number of amidine groups is 1. The Balaban J connectivity index is 2.97. The first-order valence-corrected chi connectivity index (χ1v) is 3.92. The fraction of sp³-hybridized carbons (Fsp3) is 0.250. The van der Waals surface area contributed by atoms with Gasteiger partial charge in [0.2, 0.25) is 0 Å². The zero-order valence-electron chi connectivity index (χ0n) is 6.76. The molecule has 0 atom stereocenters. The van der Waals surface area contributed by atoms with Gasteiger partial charge in [0.15, 0.2) is 0 Å². The maximum Gasteiger partial charge on any atom is 0.0966 e. The van der Waals surface area contributed by atoms with E-state index < -0.39 is 0 Å². The fourth-order valence-corrected chi connectivity index (χ4v) is 1.07. The first-order valence-electron chi connectivity index (χ1n) is 3.54. The number of halogens is 1. The Kier molecular flexibility index (Phi) is 2.65. The van der Waals surface area contributed by atoms with Crippen LogP contribution in [0.2, 0.25) is 5.02 Å². The average molecular weight is 184 g/mol. The Morgan fingerprint density at radius 3 is 2.92 bits per heavy atom. The molecule has 0 radical (unpaired) electrons. The monoisotopic (exact) mass is 183 g/mol. The SMILES string of the molecule is Cc1ccc(Cl)c(CC(=N)N)n1. The quantitative estimate of drug-likeness (QED) is 0.540. The third-order valence-corrected chi connectivity index (χ3v) is 1.76. The summed E-state index contributed by atoms with van der Waals surface area (Å²) in [5.74, 6) is 0.0787. The minimum absolute atomic E-state index is 0.0787. The van der Waals surface area contributed by atoms with Crippen LogP contribution in [0.1, 0.15) is 11.4 Å². The minimum atomic E-state index is 0.0787. The largest absolute Gasteiger partial charge is 0.387 e. The normalized spacial score (nSPS) is 9.83. The molecule has 0 aliphatic rings. The van der Waals surface area contributed by atoms with Crippen molar-refractivity contribution in [1.29, 1.82) is 5.41 Å². The molecule has 0 aliphatic carbocycles. The molecule has 0 aromatic carbocycles. The van der Waals surface area contributed by atoms with Gasteiger partial charge in [-0.15, -0.1) is 0 Å². The molecule has 3 nitrogen and oxygen atoms in total. The Labute approximate surface area is 76.1 Å². The highest BCUT2D eigenvalue weighted by Gasteiger charge is 2.02. The Hall–Kier alpha value is -1.09. The zero-order chi connectivity index (χ0) is 9.14. The Bertz CT molecular complexity index is 309. The average Bonchev–Trinajstić information content (AvgIpc) is 1.96. The molecule has 0 spiro atoms. The second kappa shape index (κ2) is 3.54. The summed E-state index contributed by atoms with van der Waals surface area (Å²) in [5.41, 5.74) is 6.78. The number of pyridine rings is 1. The predicted molar refractivity (Wildman–Crippen MR) is 49.6 cm³/mol. The summed E-state index contributed by atoms with van der Waals surface area (Å²) in [6.07, 6.45) is 0.320. The summed E-state index contributed by atoms with van der Waals surface area (Å²) in [5, 5.41) is 7.64. The second-order valence-corrected chi connectivity index (χ2v) is 2.99. The van der Waals surface area contributed by atoms with E-state index in [9.17, 15) is 0 Å². The number of nitrogens with zero attached hydrogens (tertiary/aromatic N) is 1. The maximum atomic E-state index is 7.08. The number of hydrogen-bond acceptors (Lipinski definition) is 2. The lowest BCUT2D eigenvalue weighted by Gasteiger charge is -2.02. The summed E-state index contributed by atoms with van der Waals surface area (Å²) in [7, 11) is 0. The lowest BCUT2D eigenvalue weighted by molar-refractivity contribution is 1.07. The highest BCUT2D eigenvalue weighted by molar-refractivity contribution is 6.31. The van der Waals surface area contributed by atoms with Crippen molar-refractivity contribution in [1.82, 2.24) is 4.98 Å². The molecule has 1 aromatic heterocycles. The third-order valence-electron chi connectivity index (χ3n) is 1.42. The van der Waals surface area contributed by atoms with Crippen molar-refractivity contribution in [3.05, 3.63) is 28.5 Å². The number of nitrogens with two attached hydrogens (primary N) is 1. The molecule has 0 saturated heterocycles. The third kappa shape index (κ3) is 2.20. The van der Waals surface area contributed by atoms with Gasteiger partial charge in [-0.05, 0) is 19.1 Å². The van der Waals surface area contributed by atoms with Gasteiger partial charge < -0.3 is 5.73 Å². The molecule has 4 heteroatoms. The van der Waals surface area contributed by atoms with Crippen LogP contribution in [-0.2, 0) is 6.42 Å². The molecule has 1 rings (SSSR count). The molecule has 64 valence electrons. The fourth-order valence-electron chi connectivity index (χ4n) is 0.898. The first-order chi connectivity index (χ1) is 5.59. The molecule has 0 fully saturated rings. The van der Waals surface area contributed by atoms with Crippen molar-refractivity contribution >= 4 is 17.4 Å². The smallest absolute Gasteiger partial charge is 0.0966 e. The Morgan fingerprint density at radius 1 is 1.67 bits per heavy atom. The number of hydrogen-bond donors (Lipinski definition) is 2. The molecule has 0 aliphatic heterocycles. The van der Waals surface area contributed by atoms with Gasteiger partial charge in [0.05, 0.1) is 16.6 Å². The van der Waals surface area contributed by atoms with E-state index in [-0.39, 0.29) is 5.84 Å². The van der Waals surface area contributed by atoms with Gasteiger partial charge in [0, 0.05) is 12.1 Å². The first kappa shape index (κ1) is 9.00. The summed E-state index contributed by atoms with van der Waals surface area (Å²) < 4.78 is 0. The van der Waals surface area contributed by atoms with Crippen LogP contribution in [0.4, 0.5) is 0 Å². The van der Waals surface area contributed by atoms with Crippen LogP contribution in [0.25, 0.3) is 0 Å². The van der Waals surface area contributed by atoms with E-state index in [1.807, 2.05) is 13.0 Å². The van der Waals surface area contributed by atoms with E-state index in [1.165, 1.54) is 0 Å². The van der Waals surface area contributed by atoms with Crippen LogP contribution in [-0.4, -0.2) is 10.8 Å². The minimum Gasteiger partial charge on any atom is -0.387 e. The molecule has 0 amide bonds. The van der Waals surface area contributed by atoms with Crippen LogP contribution in [0, 0.1) is 12.3 Å². The van der Waals surface area contributed by atoms with E-state index in [0.717, 1.165) is 5.69 Å². The van der Waals surface area contributed by atoms with Crippen LogP contribution in [0.3, 0.4) is 0 Å². The van der Waals surface area contributed by atoms with Crippen LogP contribution in [0.15, 0.2) is 12.1 Å². The second-order valence-electron chi connectivity index (χ2n) is 2.58. The van der Waals surface area contributed by atoms with Gasteiger partial charge in [0.25, 0.3) is 0 Å². The Morgan fingerprint density at radius 2 is 2.33 bits per heavy atom. The molecule has 0 saturated carbocycles. The summed E-state index contributed by atoms with van der Waals surface area (Å²) in [6, 6.07) is 3.59. The van der Waals surface area contributed by atoms with Crippen molar-refractivity contribution in [2.75, 3.05) is 0 Å². The van der Waals surface area contributed by atoms with Gasteiger partial charge in [0.1, 0.15) is 0 Å². The summed E-state index contributed by atoms with van der Waals surface area (Å²) in [4.78, 5) is 4.16. The van der Waals surface area contributed by atoms with Gasteiger partial charge in [-0.3, -0.25) is 10.4 Å². The van der Waals surface area contributed by atoms with E-state index in [4.69, 9.17) is 22.7 Å². The van der Waals surface area contributed by atoms with Crippen molar-refractivity contribution in [2.24, 2.45) is 5.73 Å². The van der Waals surface area contributed by atoms with Crippen molar-refractivity contribution in [3.63, 3.8) is 0 Å². The zero-order valence-corrected chi connectivity index (χ0v) is 7.52. The van der Waals surface area contributed by atoms with Crippen molar-refractivity contribution in [3.8, 4) is 0 Å². The molecule has 1 heterocycles. The molecule has 0 unspecified atom stereocenters. The number of aryl methyl sites for hydroxylation is 1. The summed E-state index contributed by atoms with van der Waals surface area (Å²) >= 11 is 5.83. The molecule has 3 N–H and O–H groups in total. The highest BCUT2D eigenvalue weighted by atomic mass is 35.5. The van der Waals surface area contributed by atoms with E-state index in [1.54, 1.807) is 6.07 Å². The standard InChI is InChI=1S/C8H10ClN3/c1-5-2-3-6(9)7(12-5)4-8(10)11/h2-3H,4H2,1H3,(H3,10,11). The lowest BCUT2D eigenvalue weighted by Crippen LogP contribution is -2.14. The van der Waals surface area contributed by atoms with Crippen molar-refractivity contribution in [2.45, 2.75) is 13.3 Å². The van der Waals surface area contributed by atoms with Crippen LogP contribution in [0.5, 0.6) is 0 Å². The topological polar surface area (TPSA) is 62.8 Å². The highest BCUT2D eigenvalue weighted by Crippen LogP contribution is 2.13. The van der Waals surface area contributed by atoms with Crippen molar-refractivity contribution < 1.29 is 0 Å². The predicted octanol–water partition coefficient (Wildman–Crippen LogP) is 1.52. The van der Waals surface area contributed by atoms with Crippen LogP contribution >= 0.6 is 11.6 Å². The molecular weight excluding hydrogens is 174 g/mol.